The SMILES string of the molecule is CS[C@@H]1C[C@@H](C)[C@@H](O)[C@@H](C[C@H](C)O)O1. The Labute approximate surface area is 89.8 Å². The van der Waals surface area contributed by atoms with Crippen LogP contribution in [0.25, 0.3) is 0 Å². The van der Waals surface area contributed by atoms with Crippen LogP contribution in [0, 0.1) is 5.92 Å². The Morgan fingerprint density at radius 1 is 1.57 bits per heavy atom. The van der Waals surface area contributed by atoms with E-state index in [1.807, 2.05) is 13.2 Å². The summed E-state index contributed by atoms with van der Waals surface area (Å²) in [5.41, 5.74) is 0.164. The monoisotopic (exact) mass is 220 g/mol. The van der Waals surface area contributed by atoms with Crippen molar-refractivity contribution in [2.75, 3.05) is 6.26 Å². The van der Waals surface area contributed by atoms with E-state index < -0.39 is 12.2 Å². The normalized spacial score (nSPS) is 40.9. The number of thioether (sulfide) groups is 1. The third-order valence-corrected chi connectivity index (χ3v) is 3.52. The number of hydrogen-bond acceptors (Lipinski definition) is 4. The molecule has 0 aromatic heterocycles. The fraction of sp³-hybridized carbons (Fsp3) is 1.00. The molecule has 0 aromatic carbocycles. The molecule has 4 heteroatoms. The van der Waals surface area contributed by atoms with Crippen molar-refractivity contribution in [3.8, 4) is 0 Å². The summed E-state index contributed by atoms with van der Waals surface area (Å²) in [6.07, 6.45) is 2.35. The predicted molar refractivity (Wildman–Crippen MR) is 58.3 cm³/mol. The number of rotatable bonds is 3. The molecule has 0 bridgehead atoms. The van der Waals surface area contributed by atoms with Gasteiger partial charge in [0.25, 0.3) is 0 Å². The first-order valence-corrected chi connectivity index (χ1v) is 6.37. The summed E-state index contributed by atoms with van der Waals surface area (Å²) in [5, 5.41) is 19.1. The minimum Gasteiger partial charge on any atom is -0.393 e. The summed E-state index contributed by atoms with van der Waals surface area (Å²) in [7, 11) is 0. The summed E-state index contributed by atoms with van der Waals surface area (Å²) in [6.45, 7) is 3.76. The van der Waals surface area contributed by atoms with E-state index >= 15 is 0 Å². The molecule has 0 aliphatic carbocycles. The second kappa shape index (κ2) is 5.35. The maximum Gasteiger partial charge on any atom is 0.103 e. The molecule has 1 rings (SSSR count). The molecule has 1 fully saturated rings. The average molecular weight is 220 g/mol. The van der Waals surface area contributed by atoms with Gasteiger partial charge in [-0.15, -0.1) is 11.8 Å². The van der Waals surface area contributed by atoms with E-state index in [2.05, 4.69) is 0 Å². The standard InChI is InChI=1S/C10H20O3S/c1-6-4-9(14-3)13-8(10(6)12)5-7(2)11/h6-12H,4-5H2,1-3H3/t6-,7+,8-,9-,10-/m1/s1. The highest BCUT2D eigenvalue weighted by Crippen LogP contribution is 2.31. The molecule has 1 aliphatic rings. The maximum absolute atomic E-state index is 9.85. The second-order valence-electron chi connectivity index (χ2n) is 4.13. The fourth-order valence-electron chi connectivity index (χ4n) is 1.82. The van der Waals surface area contributed by atoms with E-state index in [9.17, 15) is 10.2 Å². The Balaban J connectivity index is 2.53. The lowest BCUT2D eigenvalue weighted by atomic mass is 9.91. The van der Waals surface area contributed by atoms with E-state index in [4.69, 9.17) is 4.74 Å². The Kier molecular flexibility index (Phi) is 4.70. The van der Waals surface area contributed by atoms with E-state index in [0.29, 0.717) is 6.42 Å². The molecular weight excluding hydrogens is 200 g/mol. The lowest BCUT2D eigenvalue weighted by Gasteiger charge is -2.38. The molecule has 5 atom stereocenters. The molecule has 3 nitrogen and oxygen atoms in total. The maximum atomic E-state index is 9.85. The van der Waals surface area contributed by atoms with Gasteiger partial charge in [0.2, 0.25) is 0 Å². The zero-order chi connectivity index (χ0) is 10.7. The number of aliphatic hydroxyl groups is 2. The molecule has 0 amide bonds. The van der Waals surface area contributed by atoms with Crippen LogP contribution in [0.4, 0.5) is 0 Å². The van der Waals surface area contributed by atoms with Crippen LogP contribution < -0.4 is 0 Å². The molecule has 84 valence electrons. The van der Waals surface area contributed by atoms with Crippen molar-refractivity contribution in [3.05, 3.63) is 0 Å². The van der Waals surface area contributed by atoms with Crippen molar-refractivity contribution in [2.45, 2.75) is 50.4 Å². The molecule has 0 spiro atoms. The molecule has 1 saturated heterocycles. The van der Waals surface area contributed by atoms with Crippen molar-refractivity contribution in [1.29, 1.82) is 0 Å². The molecule has 1 heterocycles. The highest BCUT2D eigenvalue weighted by atomic mass is 32.2. The second-order valence-corrected chi connectivity index (χ2v) is 5.13. The van der Waals surface area contributed by atoms with E-state index in [1.54, 1.807) is 18.7 Å². The van der Waals surface area contributed by atoms with Crippen LogP contribution in [0.3, 0.4) is 0 Å². The van der Waals surface area contributed by atoms with Gasteiger partial charge in [-0.05, 0) is 25.5 Å². The van der Waals surface area contributed by atoms with E-state index in [-0.39, 0.29) is 17.5 Å². The number of hydrogen-bond donors (Lipinski definition) is 2. The summed E-state index contributed by atoms with van der Waals surface area (Å²) in [5.74, 6) is 0.255. The molecule has 0 radical (unpaired) electrons. The average Bonchev–Trinajstić information content (AvgIpc) is 2.11. The van der Waals surface area contributed by atoms with Gasteiger partial charge in [0.15, 0.2) is 0 Å². The molecule has 0 saturated carbocycles. The van der Waals surface area contributed by atoms with Crippen molar-refractivity contribution in [2.24, 2.45) is 5.92 Å². The summed E-state index contributed by atoms with van der Waals surface area (Å²) < 4.78 is 5.68. The summed E-state index contributed by atoms with van der Waals surface area (Å²) in [4.78, 5) is 0. The van der Waals surface area contributed by atoms with Gasteiger partial charge >= 0.3 is 0 Å². The van der Waals surface area contributed by atoms with Gasteiger partial charge in [-0.3, -0.25) is 0 Å². The largest absolute Gasteiger partial charge is 0.393 e. The number of aliphatic hydroxyl groups excluding tert-OH is 2. The molecule has 14 heavy (non-hydrogen) atoms. The van der Waals surface area contributed by atoms with Gasteiger partial charge in [-0.1, -0.05) is 6.92 Å². The first kappa shape index (κ1) is 12.3. The fourth-order valence-corrected chi connectivity index (χ4v) is 2.57. The van der Waals surface area contributed by atoms with Crippen LogP contribution in [0.1, 0.15) is 26.7 Å². The van der Waals surface area contributed by atoms with E-state index in [1.165, 1.54) is 0 Å². The predicted octanol–water partition coefficient (Wildman–Crippen LogP) is 1.23. The smallest absolute Gasteiger partial charge is 0.103 e. The van der Waals surface area contributed by atoms with Crippen molar-refractivity contribution in [3.63, 3.8) is 0 Å². The van der Waals surface area contributed by atoms with E-state index in [0.717, 1.165) is 6.42 Å². The third kappa shape index (κ3) is 3.12. The molecular formula is C10H20O3S. The van der Waals surface area contributed by atoms with Crippen LogP contribution in [-0.4, -0.2) is 40.2 Å². The Morgan fingerprint density at radius 2 is 2.21 bits per heavy atom. The van der Waals surface area contributed by atoms with Crippen molar-refractivity contribution < 1.29 is 14.9 Å². The molecule has 0 aromatic rings. The topological polar surface area (TPSA) is 49.7 Å². The Hall–Kier alpha value is 0.230. The van der Waals surface area contributed by atoms with Crippen LogP contribution >= 0.6 is 11.8 Å². The molecule has 1 aliphatic heterocycles. The summed E-state index contributed by atoms with van der Waals surface area (Å²) in [6, 6.07) is 0. The minimum absolute atomic E-state index is 0.164. The first-order valence-electron chi connectivity index (χ1n) is 5.09. The van der Waals surface area contributed by atoms with Gasteiger partial charge in [0.05, 0.1) is 18.3 Å². The Morgan fingerprint density at radius 3 is 2.71 bits per heavy atom. The lowest BCUT2D eigenvalue weighted by Crippen LogP contribution is -2.44. The van der Waals surface area contributed by atoms with Crippen LogP contribution in [0.15, 0.2) is 0 Å². The number of ether oxygens (including phenoxy) is 1. The van der Waals surface area contributed by atoms with Crippen molar-refractivity contribution in [1.82, 2.24) is 0 Å². The van der Waals surface area contributed by atoms with Gasteiger partial charge in [-0.25, -0.2) is 0 Å². The quantitative estimate of drug-likeness (QED) is 0.751. The van der Waals surface area contributed by atoms with Crippen LogP contribution in [0.2, 0.25) is 0 Å². The summed E-state index contributed by atoms with van der Waals surface area (Å²) >= 11 is 1.67. The molecule has 0 unspecified atom stereocenters. The zero-order valence-electron chi connectivity index (χ0n) is 9.01. The Bertz CT molecular complexity index is 175. The highest BCUT2D eigenvalue weighted by molar-refractivity contribution is 7.99. The van der Waals surface area contributed by atoms with Crippen molar-refractivity contribution >= 4 is 11.8 Å². The van der Waals surface area contributed by atoms with Crippen LogP contribution in [0.5, 0.6) is 0 Å². The van der Waals surface area contributed by atoms with Gasteiger partial charge in [0.1, 0.15) is 5.44 Å². The van der Waals surface area contributed by atoms with Gasteiger partial charge < -0.3 is 14.9 Å². The van der Waals surface area contributed by atoms with Gasteiger partial charge in [0, 0.05) is 6.42 Å². The lowest BCUT2D eigenvalue weighted by molar-refractivity contribution is -0.125. The van der Waals surface area contributed by atoms with Gasteiger partial charge in [-0.2, -0.15) is 0 Å². The third-order valence-electron chi connectivity index (χ3n) is 2.69. The zero-order valence-corrected chi connectivity index (χ0v) is 9.83. The minimum atomic E-state index is -0.437. The molecule has 2 N–H and O–H groups in total. The first-order chi connectivity index (χ1) is 6.54. The highest BCUT2D eigenvalue weighted by Gasteiger charge is 2.35. The van der Waals surface area contributed by atoms with Crippen LogP contribution in [-0.2, 0) is 4.74 Å².